The van der Waals surface area contributed by atoms with Crippen LogP contribution in [0, 0.1) is 12.8 Å². The lowest BCUT2D eigenvalue weighted by atomic mass is 10.1. The van der Waals surface area contributed by atoms with E-state index in [1.807, 2.05) is 11.8 Å². The van der Waals surface area contributed by atoms with Gasteiger partial charge in [-0.1, -0.05) is 37.8 Å². The minimum atomic E-state index is 0.553. The van der Waals surface area contributed by atoms with Crippen molar-refractivity contribution in [3.63, 3.8) is 0 Å². The topological polar surface area (TPSA) is 12.0 Å². The normalized spacial score (nSPS) is 18.1. The molecule has 0 spiro atoms. The molecule has 1 fully saturated rings. The van der Waals surface area contributed by atoms with Crippen molar-refractivity contribution < 1.29 is 0 Å². The molecule has 2 heteroatoms. The third kappa shape index (κ3) is 3.87. The van der Waals surface area contributed by atoms with Crippen LogP contribution < -0.4 is 5.32 Å². The molecule has 90 valence electrons. The average molecular weight is 245 g/mol. The molecule has 0 radical (unpaired) electrons. The molecule has 0 bridgehead atoms. The summed E-state index contributed by atoms with van der Waals surface area (Å²) in [5, 5.41) is 3.83. The summed E-state index contributed by atoms with van der Waals surface area (Å²) < 4.78 is 0. The Labute approximate surface area is 109 Å². The third-order valence-corrected chi connectivity index (χ3v) is 3.99. The highest BCUT2D eigenvalue weighted by Gasteiger charge is 2.19. The number of aryl methyl sites for hydroxylation is 1. The van der Waals surface area contributed by atoms with E-state index in [0.29, 0.717) is 5.25 Å². The predicted octanol–water partition coefficient (Wildman–Crippen LogP) is 3.22. The van der Waals surface area contributed by atoms with Crippen LogP contribution in [-0.4, -0.2) is 11.1 Å². The van der Waals surface area contributed by atoms with Gasteiger partial charge >= 0.3 is 0 Å². The Kier molecular flexibility index (Phi) is 5.72. The number of thioether (sulfide) groups is 1. The second kappa shape index (κ2) is 7.09. The smallest absolute Gasteiger partial charge is 0.0614 e. The maximum absolute atomic E-state index is 4.03. The molecule has 1 aliphatic heterocycles. The van der Waals surface area contributed by atoms with E-state index in [0.717, 1.165) is 18.7 Å². The van der Waals surface area contributed by atoms with Crippen LogP contribution in [-0.2, 0) is 12.8 Å². The van der Waals surface area contributed by atoms with Gasteiger partial charge in [-0.2, -0.15) is 0 Å². The van der Waals surface area contributed by atoms with Crippen molar-refractivity contribution in [1.29, 1.82) is 0 Å². The maximum atomic E-state index is 4.03. The summed E-state index contributed by atoms with van der Waals surface area (Å²) in [6.07, 6.45) is 10.2. The van der Waals surface area contributed by atoms with Gasteiger partial charge in [0.25, 0.3) is 0 Å². The number of terminal acetylenes is 1. The molecule has 0 aliphatic carbocycles. The highest BCUT2D eigenvalue weighted by Crippen LogP contribution is 2.26. The first kappa shape index (κ1) is 13.7. The first-order valence-electron chi connectivity index (χ1n) is 5.75. The van der Waals surface area contributed by atoms with Crippen molar-refractivity contribution >= 4 is 11.8 Å². The Morgan fingerprint density at radius 3 is 2.35 bits per heavy atom. The van der Waals surface area contributed by atoms with Gasteiger partial charge in [-0.15, -0.1) is 24.6 Å². The van der Waals surface area contributed by atoms with Gasteiger partial charge in [-0.25, -0.2) is 0 Å². The van der Waals surface area contributed by atoms with Crippen LogP contribution in [0.25, 0.3) is 0 Å². The van der Waals surface area contributed by atoms with Crippen LogP contribution in [0.4, 0.5) is 0 Å². The van der Waals surface area contributed by atoms with Gasteiger partial charge in [0.05, 0.1) is 5.88 Å². The minimum absolute atomic E-state index is 0.553. The zero-order valence-electron chi connectivity index (χ0n) is 10.3. The summed E-state index contributed by atoms with van der Waals surface area (Å²) in [4.78, 5) is 0. The quantitative estimate of drug-likeness (QED) is 0.821. The lowest BCUT2D eigenvalue weighted by Gasteiger charge is -2.09. The van der Waals surface area contributed by atoms with Crippen molar-refractivity contribution in [2.45, 2.75) is 25.0 Å². The first-order chi connectivity index (χ1) is 8.29. The molecule has 1 aliphatic rings. The Morgan fingerprint density at radius 2 is 1.88 bits per heavy atom. The van der Waals surface area contributed by atoms with Gasteiger partial charge in [-0.3, -0.25) is 0 Å². The fourth-order valence-electron chi connectivity index (χ4n) is 1.76. The van der Waals surface area contributed by atoms with Crippen molar-refractivity contribution in [3.8, 4) is 12.8 Å². The van der Waals surface area contributed by atoms with E-state index in [4.69, 9.17) is 0 Å². The number of hydrogen-bond acceptors (Lipinski definition) is 2. The fourth-order valence-corrected chi connectivity index (χ4v) is 2.82. The minimum Gasteiger partial charge on any atom is -0.379 e. The Balaban J connectivity index is 0.000000686. The number of nitrogens with one attached hydrogen (secondary N) is 1. The van der Waals surface area contributed by atoms with Gasteiger partial charge in [0.1, 0.15) is 0 Å². The molecular weight excluding hydrogens is 226 g/mol. The molecule has 1 heterocycles. The molecule has 1 aromatic rings. The number of benzene rings is 1. The van der Waals surface area contributed by atoms with Crippen LogP contribution in [0.5, 0.6) is 0 Å². The van der Waals surface area contributed by atoms with E-state index < -0.39 is 0 Å². The van der Waals surface area contributed by atoms with Crippen molar-refractivity contribution in [2.75, 3.05) is 5.88 Å². The van der Waals surface area contributed by atoms with Gasteiger partial charge < -0.3 is 5.32 Å². The lowest BCUT2D eigenvalue weighted by molar-refractivity contribution is 0.888. The summed E-state index contributed by atoms with van der Waals surface area (Å²) in [5.41, 5.74) is 4.00. The SMILES string of the molecule is C#C.C=C1NCSC1Cc1ccc(CC)cc1. The van der Waals surface area contributed by atoms with Crippen molar-refractivity contribution in [3.05, 3.63) is 47.7 Å². The average Bonchev–Trinajstić information content (AvgIpc) is 2.79. The molecule has 0 saturated carbocycles. The number of rotatable bonds is 3. The standard InChI is InChI=1S/C13H17NS.C2H2/c1-3-11-4-6-12(7-5-11)8-13-10(2)14-9-15-13;1-2/h4-7,13-14H,2-3,8-9H2,1H3;1-2H. The van der Waals surface area contributed by atoms with Gasteiger partial charge in [0, 0.05) is 10.9 Å². The largest absolute Gasteiger partial charge is 0.379 e. The lowest BCUT2D eigenvalue weighted by Crippen LogP contribution is -2.11. The zero-order valence-corrected chi connectivity index (χ0v) is 11.1. The molecule has 17 heavy (non-hydrogen) atoms. The summed E-state index contributed by atoms with van der Waals surface area (Å²) in [7, 11) is 0. The van der Waals surface area contributed by atoms with Crippen LogP contribution in [0.15, 0.2) is 36.5 Å². The Bertz CT molecular complexity index is 378. The molecule has 1 saturated heterocycles. The maximum Gasteiger partial charge on any atom is 0.0614 e. The van der Waals surface area contributed by atoms with E-state index in [1.165, 1.54) is 16.8 Å². The molecule has 1 nitrogen and oxygen atoms in total. The molecule has 2 rings (SSSR count). The van der Waals surface area contributed by atoms with Gasteiger partial charge in [-0.05, 0) is 24.0 Å². The second-order valence-corrected chi connectivity index (χ2v) is 5.07. The summed E-state index contributed by atoms with van der Waals surface area (Å²) in [6.45, 7) is 6.22. The summed E-state index contributed by atoms with van der Waals surface area (Å²) in [6, 6.07) is 8.94. The zero-order chi connectivity index (χ0) is 12.7. The predicted molar refractivity (Wildman–Crippen MR) is 77.9 cm³/mol. The van der Waals surface area contributed by atoms with Gasteiger partial charge in [0.2, 0.25) is 0 Å². The van der Waals surface area contributed by atoms with E-state index in [1.54, 1.807) is 0 Å². The molecular formula is C15H19NS. The van der Waals surface area contributed by atoms with E-state index >= 15 is 0 Å². The fraction of sp³-hybridized carbons (Fsp3) is 0.333. The van der Waals surface area contributed by atoms with Gasteiger partial charge in [0.15, 0.2) is 0 Å². The second-order valence-electron chi connectivity index (χ2n) is 3.88. The Hall–Kier alpha value is -1.33. The summed E-state index contributed by atoms with van der Waals surface area (Å²) in [5.74, 6) is 1.01. The molecule has 1 aromatic carbocycles. The molecule has 1 N–H and O–H groups in total. The first-order valence-corrected chi connectivity index (χ1v) is 6.80. The Morgan fingerprint density at radius 1 is 1.29 bits per heavy atom. The van der Waals surface area contributed by atoms with E-state index in [2.05, 4.69) is 55.9 Å². The van der Waals surface area contributed by atoms with Crippen molar-refractivity contribution in [2.24, 2.45) is 0 Å². The van der Waals surface area contributed by atoms with Crippen LogP contribution >= 0.6 is 11.8 Å². The van der Waals surface area contributed by atoms with E-state index in [9.17, 15) is 0 Å². The third-order valence-electron chi connectivity index (χ3n) is 2.82. The number of hydrogen-bond donors (Lipinski definition) is 1. The van der Waals surface area contributed by atoms with Crippen molar-refractivity contribution in [1.82, 2.24) is 5.32 Å². The summed E-state index contributed by atoms with van der Waals surface area (Å²) >= 11 is 1.94. The highest BCUT2D eigenvalue weighted by molar-refractivity contribution is 8.00. The molecule has 1 unspecified atom stereocenters. The van der Waals surface area contributed by atoms with Crippen LogP contribution in [0.3, 0.4) is 0 Å². The molecule has 0 amide bonds. The molecule has 0 aromatic heterocycles. The van der Waals surface area contributed by atoms with Crippen LogP contribution in [0.1, 0.15) is 18.1 Å². The highest BCUT2D eigenvalue weighted by atomic mass is 32.2. The van der Waals surface area contributed by atoms with Crippen LogP contribution in [0.2, 0.25) is 0 Å². The molecule has 1 atom stereocenters. The monoisotopic (exact) mass is 245 g/mol. The van der Waals surface area contributed by atoms with E-state index in [-0.39, 0.29) is 0 Å².